The molecule has 1 unspecified atom stereocenters. The summed E-state index contributed by atoms with van der Waals surface area (Å²) >= 11 is 0. The van der Waals surface area contributed by atoms with Crippen LogP contribution in [0.25, 0.3) is 0 Å². The van der Waals surface area contributed by atoms with Gasteiger partial charge in [-0.05, 0) is 12.5 Å². The van der Waals surface area contributed by atoms with E-state index in [2.05, 4.69) is 22.1 Å². The summed E-state index contributed by atoms with van der Waals surface area (Å²) in [7, 11) is 0. The van der Waals surface area contributed by atoms with Crippen LogP contribution in [0.4, 0.5) is 0 Å². The van der Waals surface area contributed by atoms with Gasteiger partial charge in [0.05, 0.1) is 5.69 Å². The van der Waals surface area contributed by atoms with Crippen LogP contribution in [0.1, 0.15) is 30.0 Å². The molecule has 78 valence electrons. The predicted molar refractivity (Wildman–Crippen MR) is 60.4 cm³/mol. The molecule has 2 aromatic rings. The van der Waals surface area contributed by atoms with Crippen LogP contribution in [-0.4, -0.2) is 9.97 Å². The van der Waals surface area contributed by atoms with E-state index in [1.165, 1.54) is 5.56 Å². The number of aromatic amines is 1. The minimum atomic E-state index is 0.0158. The summed E-state index contributed by atoms with van der Waals surface area (Å²) in [5, 5.41) is 0. The van der Waals surface area contributed by atoms with Gasteiger partial charge in [0.2, 0.25) is 0 Å². The van der Waals surface area contributed by atoms with Crippen molar-refractivity contribution in [3.63, 3.8) is 0 Å². The third-order valence-corrected chi connectivity index (χ3v) is 2.35. The Morgan fingerprint density at radius 2 is 2.07 bits per heavy atom. The molecule has 1 heterocycles. The highest BCUT2D eigenvalue weighted by molar-refractivity contribution is 5.19. The molecule has 1 aromatic carbocycles. The molecule has 3 heteroatoms. The van der Waals surface area contributed by atoms with Gasteiger partial charge >= 0.3 is 0 Å². The zero-order chi connectivity index (χ0) is 10.7. The van der Waals surface area contributed by atoms with Crippen LogP contribution in [-0.2, 0) is 6.42 Å². The summed E-state index contributed by atoms with van der Waals surface area (Å²) in [4.78, 5) is 7.52. The molecule has 0 saturated carbocycles. The van der Waals surface area contributed by atoms with E-state index in [0.717, 1.165) is 17.9 Å². The Labute approximate surface area is 89.4 Å². The molecule has 2 rings (SSSR count). The number of H-pyrrole nitrogens is 1. The minimum Gasteiger partial charge on any atom is -0.344 e. The number of nitrogens with one attached hydrogen (secondary N) is 1. The highest BCUT2D eigenvalue weighted by atomic mass is 14.9. The van der Waals surface area contributed by atoms with E-state index in [-0.39, 0.29) is 6.04 Å². The fourth-order valence-corrected chi connectivity index (χ4v) is 1.49. The Kier molecular flexibility index (Phi) is 2.83. The number of aromatic nitrogens is 2. The smallest absolute Gasteiger partial charge is 0.110 e. The number of nitrogens with zero attached hydrogens (tertiary/aromatic N) is 1. The Hall–Kier alpha value is -1.61. The van der Waals surface area contributed by atoms with Gasteiger partial charge in [-0.1, -0.05) is 30.3 Å². The lowest BCUT2D eigenvalue weighted by molar-refractivity contribution is 0.784. The van der Waals surface area contributed by atoms with Crippen LogP contribution in [0.15, 0.2) is 36.5 Å². The second-order valence-corrected chi connectivity index (χ2v) is 3.74. The summed E-state index contributed by atoms with van der Waals surface area (Å²) < 4.78 is 0. The maximum Gasteiger partial charge on any atom is 0.110 e. The number of hydrogen-bond donors (Lipinski definition) is 2. The van der Waals surface area contributed by atoms with Crippen LogP contribution in [0.3, 0.4) is 0 Å². The van der Waals surface area contributed by atoms with Crippen LogP contribution in [0.2, 0.25) is 0 Å². The molecule has 0 aliphatic carbocycles. The summed E-state index contributed by atoms with van der Waals surface area (Å²) in [5.74, 6) is 0.966. The van der Waals surface area contributed by atoms with E-state index in [0.29, 0.717) is 0 Å². The first kappa shape index (κ1) is 9.93. The average molecular weight is 201 g/mol. The van der Waals surface area contributed by atoms with Crippen LogP contribution < -0.4 is 5.73 Å². The van der Waals surface area contributed by atoms with Crippen molar-refractivity contribution in [2.45, 2.75) is 19.4 Å². The molecule has 3 nitrogen and oxygen atoms in total. The SMILES string of the molecule is CC(N)c1cnc(Cc2ccccc2)[nH]1. The van der Waals surface area contributed by atoms with Crippen molar-refractivity contribution in [3.05, 3.63) is 53.6 Å². The van der Waals surface area contributed by atoms with Crippen molar-refractivity contribution in [2.24, 2.45) is 5.73 Å². The van der Waals surface area contributed by atoms with Gasteiger partial charge in [-0.3, -0.25) is 0 Å². The van der Waals surface area contributed by atoms with E-state index in [9.17, 15) is 0 Å². The molecular formula is C12H15N3. The molecule has 1 atom stereocenters. The molecule has 0 radical (unpaired) electrons. The second kappa shape index (κ2) is 4.28. The van der Waals surface area contributed by atoms with Crippen LogP contribution in [0.5, 0.6) is 0 Å². The number of imidazole rings is 1. The first-order valence-electron chi connectivity index (χ1n) is 5.09. The first-order valence-corrected chi connectivity index (χ1v) is 5.09. The molecule has 0 spiro atoms. The van der Waals surface area contributed by atoms with Crippen molar-refractivity contribution in [1.82, 2.24) is 9.97 Å². The highest BCUT2D eigenvalue weighted by Gasteiger charge is 2.04. The zero-order valence-corrected chi connectivity index (χ0v) is 8.77. The largest absolute Gasteiger partial charge is 0.344 e. The van der Waals surface area contributed by atoms with Gasteiger partial charge in [-0.15, -0.1) is 0 Å². The molecule has 0 fully saturated rings. The lowest BCUT2D eigenvalue weighted by Crippen LogP contribution is -2.05. The van der Waals surface area contributed by atoms with Crippen LogP contribution in [0, 0.1) is 0 Å². The van der Waals surface area contributed by atoms with Gasteiger partial charge in [0.15, 0.2) is 0 Å². The van der Waals surface area contributed by atoms with Gasteiger partial charge in [0, 0.05) is 18.7 Å². The summed E-state index contributed by atoms with van der Waals surface area (Å²) in [6.45, 7) is 1.94. The molecule has 0 amide bonds. The molecule has 3 N–H and O–H groups in total. The van der Waals surface area contributed by atoms with E-state index >= 15 is 0 Å². The van der Waals surface area contributed by atoms with Gasteiger partial charge in [-0.25, -0.2) is 4.98 Å². The molecular weight excluding hydrogens is 186 g/mol. The van der Waals surface area contributed by atoms with E-state index in [1.807, 2.05) is 31.3 Å². The Morgan fingerprint density at radius 1 is 1.33 bits per heavy atom. The highest BCUT2D eigenvalue weighted by Crippen LogP contribution is 2.09. The molecule has 0 aliphatic heterocycles. The lowest BCUT2D eigenvalue weighted by atomic mass is 10.1. The van der Waals surface area contributed by atoms with Crippen molar-refractivity contribution < 1.29 is 0 Å². The first-order chi connectivity index (χ1) is 7.25. The third kappa shape index (κ3) is 2.44. The van der Waals surface area contributed by atoms with E-state index < -0.39 is 0 Å². The third-order valence-electron chi connectivity index (χ3n) is 2.35. The summed E-state index contributed by atoms with van der Waals surface area (Å²) in [6, 6.07) is 10.3. The monoisotopic (exact) mass is 201 g/mol. The molecule has 1 aromatic heterocycles. The maximum absolute atomic E-state index is 5.75. The van der Waals surface area contributed by atoms with Gasteiger partial charge in [-0.2, -0.15) is 0 Å². The standard InChI is InChI=1S/C12H15N3/c1-9(13)11-8-14-12(15-11)7-10-5-3-2-4-6-10/h2-6,8-9H,7,13H2,1H3,(H,14,15). The Morgan fingerprint density at radius 3 is 2.67 bits per heavy atom. The van der Waals surface area contributed by atoms with Gasteiger partial charge in [0.1, 0.15) is 5.82 Å². The fraction of sp³-hybridized carbons (Fsp3) is 0.250. The molecule has 0 aliphatic rings. The molecule has 0 bridgehead atoms. The van der Waals surface area contributed by atoms with E-state index in [4.69, 9.17) is 5.73 Å². The number of rotatable bonds is 3. The maximum atomic E-state index is 5.75. The van der Waals surface area contributed by atoms with Crippen LogP contribution >= 0.6 is 0 Å². The van der Waals surface area contributed by atoms with Gasteiger partial charge < -0.3 is 10.7 Å². The Bertz CT molecular complexity index is 417. The normalized spacial score (nSPS) is 12.7. The number of hydrogen-bond acceptors (Lipinski definition) is 2. The lowest BCUT2D eigenvalue weighted by Gasteiger charge is -2.00. The minimum absolute atomic E-state index is 0.0158. The number of benzene rings is 1. The zero-order valence-electron chi connectivity index (χ0n) is 8.77. The molecule has 0 saturated heterocycles. The summed E-state index contributed by atoms with van der Waals surface area (Å²) in [6.07, 6.45) is 2.64. The fourth-order valence-electron chi connectivity index (χ4n) is 1.49. The van der Waals surface area contributed by atoms with Crippen molar-refractivity contribution >= 4 is 0 Å². The average Bonchev–Trinajstić information content (AvgIpc) is 2.68. The van der Waals surface area contributed by atoms with Gasteiger partial charge in [0.25, 0.3) is 0 Å². The Balaban J connectivity index is 2.12. The topological polar surface area (TPSA) is 54.7 Å². The quantitative estimate of drug-likeness (QED) is 0.798. The van der Waals surface area contributed by atoms with Crippen molar-refractivity contribution in [3.8, 4) is 0 Å². The number of nitrogens with two attached hydrogens (primary N) is 1. The summed E-state index contributed by atoms with van der Waals surface area (Å²) in [5.41, 5.74) is 7.99. The second-order valence-electron chi connectivity index (χ2n) is 3.74. The molecule has 15 heavy (non-hydrogen) atoms. The van der Waals surface area contributed by atoms with Crippen molar-refractivity contribution in [1.29, 1.82) is 0 Å². The van der Waals surface area contributed by atoms with Crippen molar-refractivity contribution in [2.75, 3.05) is 0 Å². The predicted octanol–water partition coefficient (Wildman–Crippen LogP) is 2.02. The van der Waals surface area contributed by atoms with E-state index in [1.54, 1.807) is 0 Å².